The molecule has 4 nitrogen and oxygen atoms in total. The molecule has 1 atom stereocenters. The largest absolute Gasteiger partial charge is 0.481 e. The van der Waals surface area contributed by atoms with Gasteiger partial charge in [0.25, 0.3) is 5.91 Å². The van der Waals surface area contributed by atoms with Crippen LogP contribution in [-0.4, -0.2) is 24.1 Å². The van der Waals surface area contributed by atoms with Crippen molar-refractivity contribution < 1.29 is 9.53 Å². The minimum atomic E-state index is -0.484. The first-order valence-corrected chi connectivity index (χ1v) is 7.60. The Hall–Kier alpha value is -1.55. The van der Waals surface area contributed by atoms with E-state index in [2.05, 4.69) is 31.4 Å². The van der Waals surface area contributed by atoms with Crippen molar-refractivity contribution in [2.24, 2.45) is 0 Å². The maximum atomic E-state index is 11.8. The van der Waals surface area contributed by atoms with Gasteiger partial charge in [0.15, 0.2) is 6.10 Å². The molecule has 0 aromatic heterocycles. The molecule has 0 heterocycles. The van der Waals surface area contributed by atoms with E-state index < -0.39 is 6.10 Å². The van der Waals surface area contributed by atoms with Crippen molar-refractivity contribution in [3.63, 3.8) is 0 Å². The van der Waals surface area contributed by atoms with Crippen molar-refractivity contribution >= 4 is 5.91 Å². The van der Waals surface area contributed by atoms with Crippen molar-refractivity contribution in [1.29, 1.82) is 0 Å². The van der Waals surface area contributed by atoms with Gasteiger partial charge >= 0.3 is 0 Å². The van der Waals surface area contributed by atoms with Crippen molar-refractivity contribution in [3.8, 4) is 5.75 Å². The summed E-state index contributed by atoms with van der Waals surface area (Å²) < 4.78 is 5.71. The number of hydrogen-bond acceptors (Lipinski definition) is 3. The van der Waals surface area contributed by atoms with Gasteiger partial charge in [-0.1, -0.05) is 19.1 Å². The van der Waals surface area contributed by atoms with Gasteiger partial charge in [-0.15, -0.1) is 0 Å². The van der Waals surface area contributed by atoms with Gasteiger partial charge in [0.1, 0.15) is 5.75 Å². The zero-order valence-corrected chi connectivity index (χ0v) is 13.8. The minimum absolute atomic E-state index is 0.0736. The lowest BCUT2D eigenvalue weighted by atomic mass is 10.1. The fourth-order valence-corrected chi connectivity index (χ4v) is 1.75. The summed E-state index contributed by atoms with van der Waals surface area (Å²) in [5.74, 6) is 0.650. The van der Waals surface area contributed by atoms with E-state index in [1.54, 1.807) is 6.92 Å². The standard InChI is InChI=1S/C17H28N2O2/c1-6-10-18-16(20)13(2)21-15-9-7-8-14(11-15)12-19-17(3,4)5/h7-9,11,13,19H,6,10,12H2,1-5H3,(H,18,20). The average Bonchev–Trinajstić information content (AvgIpc) is 2.42. The van der Waals surface area contributed by atoms with E-state index in [1.165, 1.54) is 0 Å². The second kappa shape index (κ2) is 8.03. The summed E-state index contributed by atoms with van der Waals surface area (Å²) in [4.78, 5) is 11.8. The molecule has 1 rings (SSSR count). The Kier molecular flexibility index (Phi) is 6.69. The molecule has 118 valence electrons. The van der Waals surface area contributed by atoms with Crippen LogP contribution in [0.5, 0.6) is 5.75 Å². The van der Waals surface area contributed by atoms with E-state index >= 15 is 0 Å². The molecule has 0 radical (unpaired) electrons. The monoisotopic (exact) mass is 292 g/mol. The Bertz CT molecular complexity index is 452. The van der Waals surface area contributed by atoms with Crippen LogP contribution >= 0.6 is 0 Å². The van der Waals surface area contributed by atoms with Gasteiger partial charge in [0.05, 0.1) is 0 Å². The molecule has 0 saturated carbocycles. The van der Waals surface area contributed by atoms with Crippen LogP contribution in [0.2, 0.25) is 0 Å². The number of ether oxygens (including phenoxy) is 1. The lowest BCUT2D eigenvalue weighted by molar-refractivity contribution is -0.127. The maximum absolute atomic E-state index is 11.8. The van der Waals surface area contributed by atoms with Crippen molar-refractivity contribution in [2.45, 2.75) is 59.2 Å². The lowest BCUT2D eigenvalue weighted by Gasteiger charge is -2.21. The molecular weight excluding hydrogens is 264 g/mol. The maximum Gasteiger partial charge on any atom is 0.260 e. The third-order valence-electron chi connectivity index (χ3n) is 2.95. The molecule has 1 aromatic carbocycles. The zero-order chi connectivity index (χ0) is 15.9. The molecule has 1 aromatic rings. The number of rotatable bonds is 7. The van der Waals surface area contributed by atoms with Gasteiger partial charge in [-0.3, -0.25) is 4.79 Å². The third-order valence-corrected chi connectivity index (χ3v) is 2.95. The number of nitrogens with one attached hydrogen (secondary N) is 2. The second-order valence-corrected chi connectivity index (χ2v) is 6.30. The fourth-order valence-electron chi connectivity index (χ4n) is 1.75. The number of carbonyl (C=O) groups excluding carboxylic acids is 1. The number of benzene rings is 1. The molecule has 2 N–H and O–H groups in total. The molecule has 0 aliphatic carbocycles. The third kappa shape index (κ3) is 7.14. The van der Waals surface area contributed by atoms with Crippen LogP contribution in [0, 0.1) is 0 Å². The highest BCUT2D eigenvalue weighted by Crippen LogP contribution is 2.15. The Morgan fingerprint density at radius 1 is 1.33 bits per heavy atom. The molecule has 1 unspecified atom stereocenters. The van der Waals surface area contributed by atoms with E-state index in [1.807, 2.05) is 31.2 Å². The summed E-state index contributed by atoms with van der Waals surface area (Å²) in [7, 11) is 0. The smallest absolute Gasteiger partial charge is 0.260 e. The highest BCUT2D eigenvalue weighted by molar-refractivity contribution is 5.80. The van der Waals surface area contributed by atoms with Gasteiger partial charge in [-0.25, -0.2) is 0 Å². The van der Waals surface area contributed by atoms with Crippen LogP contribution in [-0.2, 0) is 11.3 Å². The first-order chi connectivity index (χ1) is 9.81. The van der Waals surface area contributed by atoms with Crippen LogP contribution in [0.3, 0.4) is 0 Å². The van der Waals surface area contributed by atoms with Gasteiger partial charge in [-0.05, 0) is 51.8 Å². The zero-order valence-electron chi connectivity index (χ0n) is 13.8. The fraction of sp³-hybridized carbons (Fsp3) is 0.588. The summed E-state index contributed by atoms with van der Waals surface area (Å²) in [6.07, 6.45) is 0.439. The Morgan fingerprint density at radius 3 is 2.67 bits per heavy atom. The van der Waals surface area contributed by atoms with Crippen LogP contribution < -0.4 is 15.4 Å². The SMILES string of the molecule is CCCNC(=O)C(C)Oc1cccc(CNC(C)(C)C)c1. The number of carbonyl (C=O) groups is 1. The lowest BCUT2D eigenvalue weighted by Crippen LogP contribution is -2.36. The first kappa shape index (κ1) is 17.5. The van der Waals surface area contributed by atoms with Crippen LogP contribution in [0.4, 0.5) is 0 Å². The predicted octanol–water partition coefficient (Wildman–Crippen LogP) is 2.87. The summed E-state index contributed by atoms with van der Waals surface area (Å²) in [5, 5.41) is 6.27. The highest BCUT2D eigenvalue weighted by atomic mass is 16.5. The van der Waals surface area contributed by atoms with E-state index in [9.17, 15) is 4.79 Å². The van der Waals surface area contributed by atoms with Crippen molar-refractivity contribution in [3.05, 3.63) is 29.8 Å². The molecule has 1 amide bonds. The second-order valence-electron chi connectivity index (χ2n) is 6.30. The Morgan fingerprint density at radius 2 is 2.05 bits per heavy atom. The van der Waals surface area contributed by atoms with Crippen LogP contribution in [0.15, 0.2) is 24.3 Å². The highest BCUT2D eigenvalue weighted by Gasteiger charge is 2.14. The molecule has 0 aliphatic rings. The quantitative estimate of drug-likeness (QED) is 0.812. The van der Waals surface area contributed by atoms with Crippen molar-refractivity contribution in [1.82, 2.24) is 10.6 Å². The van der Waals surface area contributed by atoms with Crippen LogP contribution in [0.1, 0.15) is 46.6 Å². The molecule has 0 spiro atoms. The summed E-state index contributed by atoms with van der Waals surface area (Å²) in [6.45, 7) is 11.6. The summed E-state index contributed by atoms with van der Waals surface area (Å²) in [5.41, 5.74) is 1.22. The van der Waals surface area contributed by atoms with E-state index in [-0.39, 0.29) is 11.4 Å². The molecule has 4 heteroatoms. The minimum Gasteiger partial charge on any atom is -0.481 e. The topological polar surface area (TPSA) is 50.4 Å². The van der Waals surface area contributed by atoms with Crippen molar-refractivity contribution in [2.75, 3.05) is 6.54 Å². The molecular formula is C17H28N2O2. The van der Waals surface area contributed by atoms with Crippen LogP contribution in [0.25, 0.3) is 0 Å². The Balaban J connectivity index is 2.57. The van der Waals surface area contributed by atoms with E-state index in [0.29, 0.717) is 6.54 Å². The molecule has 0 saturated heterocycles. The van der Waals surface area contributed by atoms with E-state index in [4.69, 9.17) is 4.74 Å². The number of hydrogen-bond donors (Lipinski definition) is 2. The van der Waals surface area contributed by atoms with Gasteiger partial charge < -0.3 is 15.4 Å². The average molecular weight is 292 g/mol. The van der Waals surface area contributed by atoms with Gasteiger partial charge in [-0.2, -0.15) is 0 Å². The van der Waals surface area contributed by atoms with Gasteiger partial charge in [0, 0.05) is 18.6 Å². The molecule has 21 heavy (non-hydrogen) atoms. The molecule has 0 aliphatic heterocycles. The normalized spacial score (nSPS) is 12.8. The molecule has 0 bridgehead atoms. The Labute approximate surface area is 128 Å². The summed E-state index contributed by atoms with van der Waals surface area (Å²) >= 11 is 0. The number of amides is 1. The van der Waals surface area contributed by atoms with E-state index in [0.717, 1.165) is 24.3 Å². The first-order valence-electron chi connectivity index (χ1n) is 7.60. The molecule has 0 fully saturated rings. The van der Waals surface area contributed by atoms with Gasteiger partial charge in [0.2, 0.25) is 0 Å². The predicted molar refractivity (Wildman–Crippen MR) is 86.4 cm³/mol. The summed E-state index contributed by atoms with van der Waals surface area (Å²) in [6, 6.07) is 7.85.